The van der Waals surface area contributed by atoms with E-state index in [9.17, 15) is 0 Å². The lowest BCUT2D eigenvalue weighted by Crippen LogP contribution is -2.04. The summed E-state index contributed by atoms with van der Waals surface area (Å²) in [5, 5.41) is 8.51. The third-order valence-electron chi connectivity index (χ3n) is 3.64. The van der Waals surface area contributed by atoms with Crippen LogP contribution in [-0.4, -0.2) is 21.6 Å². The highest BCUT2D eigenvalue weighted by Crippen LogP contribution is 2.23. The van der Waals surface area contributed by atoms with Crippen molar-refractivity contribution in [3.63, 3.8) is 0 Å². The van der Waals surface area contributed by atoms with Crippen molar-refractivity contribution in [1.82, 2.24) is 15.0 Å². The van der Waals surface area contributed by atoms with Gasteiger partial charge in [0.05, 0.1) is 12.1 Å². The van der Waals surface area contributed by atoms with Crippen LogP contribution in [0.5, 0.6) is 0 Å². The number of benzene rings is 2. The predicted molar refractivity (Wildman–Crippen MR) is 90.7 cm³/mol. The minimum atomic E-state index is 0.658. The van der Waals surface area contributed by atoms with Gasteiger partial charge in [-0.05, 0) is 36.6 Å². The Labute approximate surface area is 138 Å². The first kappa shape index (κ1) is 15.2. The van der Waals surface area contributed by atoms with E-state index in [4.69, 9.17) is 4.74 Å². The van der Waals surface area contributed by atoms with Gasteiger partial charge in [-0.25, -0.2) is 4.68 Å². The molecule has 0 saturated carbocycles. The molecule has 0 unspecified atom stereocenters. The van der Waals surface area contributed by atoms with Gasteiger partial charge in [-0.15, -0.1) is 5.10 Å². The zero-order chi connectivity index (χ0) is 15.4. The van der Waals surface area contributed by atoms with E-state index in [1.54, 1.807) is 0 Å². The zero-order valence-electron chi connectivity index (χ0n) is 12.5. The number of fused-ring (bicyclic) bond motifs is 1. The molecule has 5 heteroatoms. The Bertz CT molecular complexity index is 755. The summed E-state index contributed by atoms with van der Waals surface area (Å²) in [6.45, 7) is 4.23. The van der Waals surface area contributed by atoms with Crippen LogP contribution in [-0.2, 0) is 17.9 Å². The summed E-state index contributed by atoms with van der Waals surface area (Å²) >= 11 is 3.52. The van der Waals surface area contributed by atoms with Crippen LogP contribution >= 0.6 is 15.9 Å². The first-order valence-electron chi connectivity index (χ1n) is 7.35. The van der Waals surface area contributed by atoms with Gasteiger partial charge in [-0.3, -0.25) is 0 Å². The molecule has 0 N–H and O–H groups in total. The maximum atomic E-state index is 5.70. The number of nitrogens with zero attached hydrogens (tertiary/aromatic N) is 3. The van der Waals surface area contributed by atoms with E-state index >= 15 is 0 Å². The quantitative estimate of drug-likeness (QED) is 0.621. The van der Waals surface area contributed by atoms with Crippen LogP contribution < -0.4 is 0 Å². The van der Waals surface area contributed by atoms with Crippen molar-refractivity contribution in [2.24, 2.45) is 0 Å². The van der Waals surface area contributed by atoms with Gasteiger partial charge in [-0.1, -0.05) is 51.5 Å². The average Bonchev–Trinajstić information content (AvgIpc) is 2.95. The second-order valence-electron chi connectivity index (χ2n) is 5.24. The molecule has 0 aliphatic heterocycles. The van der Waals surface area contributed by atoms with Crippen LogP contribution in [0.25, 0.3) is 11.0 Å². The molecule has 3 aromatic rings. The van der Waals surface area contributed by atoms with Gasteiger partial charge in [-0.2, -0.15) is 0 Å². The number of ether oxygens (including phenoxy) is 1. The van der Waals surface area contributed by atoms with Crippen molar-refractivity contribution in [2.45, 2.75) is 26.5 Å². The fraction of sp³-hybridized carbons (Fsp3) is 0.294. The Kier molecular flexibility index (Phi) is 4.85. The Morgan fingerprint density at radius 3 is 2.77 bits per heavy atom. The molecule has 0 spiro atoms. The summed E-state index contributed by atoms with van der Waals surface area (Å²) in [7, 11) is 0. The number of aryl methyl sites for hydroxylation is 2. The highest BCUT2D eigenvalue weighted by molar-refractivity contribution is 9.10. The lowest BCUT2D eigenvalue weighted by molar-refractivity contribution is 0.115. The minimum absolute atomic E-state index is 0.658. The lowest BCUT2D eigenvalue weighted by Gasteiger charge is -2.05. The van der Waals surface area contributed by atoms with Crippen molar-refractivity contribution in [2.75, 3.05) is 6.61 Å². The van der Waals surface area contributed by atoms with E-state index in [-0.39, 0.29) is 0 Å². The number of halogens is 1. The molecule has 114 valence electrons. The van der Waals surface area contributed by atoms with Gasteiger partial charge in [0.15, 0.2) is 0 Å². The molecule has 3 rings (SSSR count). The molecule has 0 bridgehead atoms. The molecule has 22 heavy (non-hydrogen) atoms. The summed E-state index contributed by atoms with van der Waals surface area (Å²) in [4.78, 5) is 0. The van der Waals surface area contributed by atoms with Crippen LogP contribution in [0, 0.1) is 6.92 Å². The molecule has 1 heterocycles. The second kappa shape index (κ2) is 7.03. The van der Waals surface area contributed by atoms with Gasteiger partial charge in [0.25, 0.3) is 0 Å². The van der Waals surface area contributed by atoms with E-state index in [0.29, 0.717) is 13.2 Å². The maximum absolute atomic E-state index is 5.70. The molecular formula is C17H18BrN3O. The van der Waals surface area contributed by atoms with E-state index in [2.05, 4.69) is 51.4 Å². The van der Waals surface area contributed by atoms with Crippen molar-refractivity contribution in [1.29, 1.82) is 0 Å². The number of rotatable bonds is 6. The Hall–Kier alpha value is -1.72. The van der Waals surface area contributed by atoms with Crippen LogP contribution in [0.2, 0.25) is 0 Å². The van der Waals surface area contributed by atoms with Crippen molar-refractivity contribution in [3.05, 3.63) is 58.1 Å². The van der Waals surface area contributed by atoms with Gasteiger partial charge in [0.2, 0.25) is 0 Å². The van der Waals surface area contributed by atoms with Crippen LogP contribution in [0.15, 0.2) is 46.9 Å². The molecule has 0 aliphatic carbocycles. The molecule has 0 amide bonds. The molecule has 0 radical (unpaired) electrons. The first-order chi connectivity index (χ1) is 10.8. The first-order valence-corrected chi connectivity index (χ1v) is 8.15. The lowest BCUT2D eigenvalue weighted by atomic mass is 10.2. The summed E-state index contributed by atoms with van der Waals surface area (Å²) in [5.41, 5.74) is 4.36. The summed E-state index contributed by atoms with van der Waals surface area (Å²) in [6, 6.07) is 14.3. The Morgan fingerprint density at radius 1 is 1.14 bits per heavy atom. The van der Waals surface area contributed by atoms with Gasteiger partial charge >= 0.3 is 0 Å². The largest absolute Gasteiger partial charge is 0.377 e. The molecule has 0 fully saturated rings. The molecule has 1 aromatic heterocycles. The van der Waals surface area contributed by atoms with Crippen molar-refractivity contribution < 1.29 is 4.74 Å². The van der Waals surface area contributed by atoms with Crippen LogP contribution in [0.4, 0.5) is 0 Å². The summed E-state index contributed by atoms with van der Waals surface area (Å²) in [6.07, 6.45) is 0.917. The van der Waals surface area contributed by atoms with Crippen molar-refractivity contribution >= 4 is 27.0 Å². The minimum Gasteiger partial charge on any atom is -0.377 e. The van der Waals surface area contributed by atoms with Gasteiger partial charge in [0.1, 0.15) is 5.52 Å². The van der Waals surface area contributed by atoms with E-state index in [0.717, 1.165) is 34.0 Å². The second-order valence-corrected chi connectivity index (χ2v) is 6.10. The van der Waals surface area contributed by atoms with Gasteiger partial charge < -0.3 is 4.74 Å². The average molecular weight is 360 g/mol. The van der Waals surface area contributed by atoms with E-state index in [1.165, 1.54) is 5.56 Å². The molecule has 4 nitrogen and oxygen atoms in total. The van der Waals surface area contributed by atoms with Crippen LogP contribution in [0.3, 0.4) is 0 Å². The molecule has 0 saturated heterocycles. The van der Waals surface area contributed by atoms with Crippen molar-refractivity contribution in [3.8, 4) is 0 Å². The summed E-state index contributed by atoms with van der Waals surface area (Å²) in [5.74, 6) is 0. The predicted octanol–water partition coefficient (Wildman–Crippen LogP) is 4.11. The SMILES string of the molecule is Cc1c(Br)ccc2c1nnn2CCCOCc1ccccc1. The Balaban J connectivity index is 1.53. The molecule has 0 aliphatic rings. The van der Waals surface area contributed by atoms with E-state index in [1.807, 2.05) is 28.9 Å². The normalized spacial score (nSPS) is 11.2. The zero-order valence-corrected chi connectivity index (χ0v) is 14.1. The monoisotopic (exact) mass is 359 g/mol. The smallest absolute Gasteiger partial charge is 0.117 e. The number of hydrogen-bond acceptors (Lipinski definition) is 3. The fourth-order valence-corrected chi connectivity index (χ4v) is 2.71. The number of hydrogen-bond donors (Lipinski definition) is 0. The van der Waals surface area contributed by atoms with E-state index < -0.39 is 0 Å². The molecular weight excluding hydrogens is 342 g/mol. The summed E-state index contributed by atoms with van der Waals surface area (Å²) < 4.78 is 8.72. The Morgan fingerprint density at radius 2 is 1.95 bits per heavy atom. The molecule has 2 aromatic carbocycles. The van der Waals surface area contributed by atoms with Gasteiger partial charge in [0, 0.05) is 17.6 Å². The maximum Gasteiger partial charge on any atom is 0.117 e. The third-order valence-corrected chi connectivity index (χ3v) is 4.50. The standard InChI is InChI=1S/C17H18BrN3O/c1-13-15(18)8-9-16-17(13)19-20-21(16)10-5-11-22-12-14-6-3-2-4-7-14/h2-4,6-9H,5,10-12H2,1H3. The highest BCUT2D eigenvalue weighted by Gasteiger charge is 2.08. The fourth-order valence-electron chi connectivity index (χ4n) is 2.39. The van der Waals surface area contributed by atoms with Crippen LogP contribution in [0.1, 0.15) is 17.5 Å². The topological polar surface area (TPSA) is 39.9 Å². The third kappa shape index (κ3) is 3.36. The highest BCUT2D eigenvalue weighted by atomic mass is 79.9. The molecule has 0 atom stereocenters. The number of aromatic nitrogens is 3.